The molecule has 2 aromatic rings. The molecule has 1 aromatic heterocycles. The molecule has 0 saturated carbocycles. The Morgan fingerprint density at radius 2 is 2.11 bits per heavy atom. The SMILES string of the molecule is CCc1ccc(C(N)Cc2ccc(F)cc2Cl)s1. The Morgan fingerprint density at radius 3 is 2.72 bits per heavy atom. The number of hydrogen-bond acceptors (Lipinski definition) is 2. The molecule has 1 unspecified atom stereocenters. The Morgan fingerprint density at radius 1 is 1.33 bits per heavy atom. The van der Waals surface area contributed by atoms with Crippen molar-refractivity contribution in [3.8, 4) is 0 Å². The summed E-state index contributed by atoms with van der Waals surface area (Å²) < 4.78 is 12.9. The smallest absolute Gasteiger partial charge is 0.124 e. The van der Waals surface area contributed by atoms with Gasteiger partial charge in [-0.2, -0.15) is 0 Å². The predicted molar refractivity (Wildman–Crippen MR) is 75.7 cm³/mol. The first-order chi connectivity index (χ1) is 8.60. The first-order valence-corrected chi connectivity index (χ1v) is 7.07. The summed E-state index contributed by atoms with van der Waals surface area (Å²) in [6.07, 6.45) is 1.65. The molecule has 0 aliphatic heterocycles. The van der Waals surface area contributed by atoms with E-state index in [-0.39, 0.29) is 11.9 Å². The molecule has 18 heavy (non-hydrogen) atoms. The molecule has 1 aromatic carbocycles. The lowest BCUT2D eigenvalue weighted by Gasteiger charge is -2.11. The molecule has 1 heterocycles. The largest absolute Gasteiger partial charge is 0.323 e. The van der Waals surface area contributed by atoms with Gasteiger partial charge >= 0.3 is 0 Å². The van der Waals surface area contributed by atoms with E-state index < -0.39 is 0 Å². The van der Waals surface area contributed by atoms with Crippen LogP contribution in [0.25, 0.3) is 0 Å². The van der Waals surface area contributed by atoms with Crippen LogP contribution < -0.4 is 5.73 Å². The quantitative estimate of drug-likeness (QED) is 0.887. The Hall–Kier alpha value is -0.900. The van der Waals surface area contributed by atoms with E-state index >= 15 is 0 Å². The summed E-state index contributed by atoms with van der Waals surface area (Å²) >= 11 is 7.73. The van der Waals surface area contributed by atoms with Crippen molar-refractivity contribution in [3.63, 3.8) is 0 Å². The van der Waals surface area contributed by atoms with Crippen molar-refractivity contribution >= 4 is 22.9 Å². The second-order valence-corrected chi connectivity index (χ2v) is 5.81. The number of hydrogen-bond donors (Lipinski definition) is 1. The summed E-state index contributed by atoms with van der Waals surface area (Å²) in [6, 6.07) is 8.53. The minimum atomic E-state index is -0.318. The minimum Gasteiger partial charge on any atom is -0.323 e. The van der Waals surface area contributed by atoms with Crippen LogP contribution in [-0.2, 0) is 12.8 Å². The van der Waals surface area contributed by atoms with E-state index in [1.54, 1.807) is 17.4 Å². The molecule has 1 atom stereocenters. The highest BCUT2D eigenvalue weighted by atomic mass is 35.5. The molecule has 0 aliphatic carbocycles. The molecule has 2 N–H and O–H groups in total. The Bertz CT molecular complexity index is 538. The lowest BCUT2D eigenvalue weighted by atomic mass is 10.1. The molecule has 1 nitrogen and oxygen atoms in total. The van der Waals surface area contributed by atoms with Crippen LogP contribution in [0.4, 0.5) is 4.39 Å². The van der Waals surface area contributed by atoms with Gasteiger partial charge in [-0.1, -0.05) is 24.6 Å². The minimum absolute atomic E-state index is 0.0849. The fourth-order valence-electron chi connectivity index (χ4n) is 1.81. The summed E-state index contributed by atoms with van der Waals surface area (Å²) in [7, 11) is 0. The van der Waals surface area contributed by atoms with Crippen molar-refractivity contribution in [2.75, 3.05) is 0 Å². The fourth-order valence-corrected chi connectivity index (χ4v) is 3.01. The van der Waals surface area contributed by atoms with Gasteiger partial charge in [0.2, 0.25) is 0 Å². The zero-order valence-electron chi connectivity index (χ0n) is 10.1. The first kappa shape index (κ1) is 13.5. The third kappa shape index (κ3) is 3.10. The summed E-state index contributed by atoms with van der Waals surface area (Å²) in [5.41, 5.74) is 7.05. The van der Waals surface area contributed by atoms with Crippen LogP contribution in [0.5, 0.6) is 0 Å². The highest BCUT2D eigenvalue weighted by Crippen LogP contribution is 2.27. The molecule has 0 radical (unpaired) electrons. The van der Waals surface area contributed by atoms with Gasteiger partial charge in [0.25, 0.3) is 0 Å². The van der Waals surface area contributed by atoms with E-state index in [2.05, 4.69) is 19.1 Å². The molecule has 0 fully saturated rings. The predicted octanol–water partition coefficient (Wildman–Crippen LogP) is 4.35. The Balaban J connectivity index is 2.13. The number of aryl methyl sites for hydroxylation is 1. The zero-order valence-corrected chi connectivity index (χ0v) is 11.7. The van der Waals surface area contributed by atoms with Crippen LogP contribution in [0.15, 0.2) is 30.3 Å². The van der Waals surface area contributed by atoms with Crippen LogP contribution in [0.3, 0.4) is 0 Å². The lowest BCUT2D eigenvalue weighted by Crippen LogP contribution is -2.12. The lowest BCUT2D eigenvalue weighted by molar-refractivity contribution is 0.626. The van der Waals surface area contributed by atoms with E-state index in [0.29, 0.717) is 11.4 Å². The Kier molecular flexibility index (Phi) is 4.38. The van der Waals surface area contributed by atoms with Gasteiger partial charge < -0.3 is 5.73 Å². The van der Waals surface area contributed by atoms with Gasteiger partial charge in [-0.15, -0.1) is 11.3 Å². The van der Waals surface area contributed by atoms with Gasteiger partial charge in [0, 0.05) is 20.8 Å². The molecular formula is C14H15ClFNS. The summed E-state index contributed by atoms with van der Waals surface area (Å²) in [5.74, 6) is -0.318. The Labute approximate surface area is 115 Å². The van der Waals surface area contributed by atoms with Crippen LogP contribution in [-0.4, -0.2) is 0 Å². The summed E-state index contributed by atoms with van der Waals surface area (Å²) in [5, 5.41) is 0.442. The van der Waals surface area contributed by atoms with Crippen LogP contribution in [0.1, 0.15) is 28.3 Å². The van der Waals surface area contributed by atoms with Crippen molar-refractivity contribution in [1.82, 2.24) is 0 Å². The summed E-state index contributed by atoms with van der Waals surface area (Å²) in [4.78, 5) is 2.47. The molecule has 0 aliphatic rings. The van der Waals surface area contributed by atoms with Gasteiger partial charge in [-0.05, 0) is 42.7 Å². The van der Waals surface area contributed by atoms with Crippen LogP contribution >= 0.6 is 22.9 Å². The molecule has 0 amide bonds. The van der Waals surface area contributed by atoms with E-state index in [4.69, 9.17) is 17.3 Å². The standard InChI is InChI=1S/C14H15ClFNS/c1-2-11-5-6-14(18-11)13(17)7-9-3-4-10(16)8-12(9)15/h3-6,8,13H,2,7,17H2,1H3. The van der Waals surface area contributed by atoms with Gasteiger partial charge in [-0.25, -0.2) is 4.39 Å². The van der Waals surface area contributed by atoms with E-state index in [0.717, 1.165) is 16.9 Å². The second-order valence-electron chi connectivity index (χ2n) is 4.20. The van der Waals surface area contributed by atoms with Crippen molar-refractivity contribution in [3.05, 3.63) is 56.5 Å². The highest BCUT2D eigenvalue weighted by molar-refractivity contribution is 7.12. The second kappa shape index (κ2) is 5.83. The maximum atomic E-state index is 12.9. The number of nitrogens with two attached hydrogens (primary N) is 1. The van der Waals surface area contributed by atoms with Crippen molar-refractivity contribution < 1.29 is 4.39 Å². The third-order valence-corrected chi connectivity index (χ3v) is 4.56. The zero-order chi connectivity index (χ0) is 13.1. The average Bonchev–Trinajstić information content (AvgIpc) is 2.81. The normalized spacial score (nSPS) is 12.7. The topological polar surface area (TPSA) is 26.0 Å². The first-order valence-electron chi connectivity index (χ1n) is 5.88. The van der Waals surface area contributed by atoms with E-state index in [1.165, 1.54) is 17.0 Å². The summed E-state index contributed by atoms with van der Waals surface area (Å²) in [6.45, 7) is 2.12. The monoisotopic (exact) mass is 283 g/mol. The average molecular weight is 284 g/mol. The molecule has 96 valence electrons. The third-order valence-electron chi connectivity index (χ3n) is 2.85. The maximum Gasteiger partial charge on any atom is 0.124 e. The van der Waals surface area contributed by atoms with Crippen molar-refractivity contribution in [2.45, 2.75) is 25.8 Å². The van der Waals surface area contributed by atoms with Gasteiger partial charge in [0.15, 0.2) is 0 Å². The molecule has 0 spiro atoms. The van der Waals surface area contributed by atoms with Crippen molar-refractivity contribution in [1.29, 1.82) is 0 Å². The van der Waals surface area contributed by atoms with Crippen molar-refractivity contribution in [2.24, 2.45) is 5.73 Å². The number of benzene rings is 1. The van der Waals surface area contributed by atoms with Crippen LogP contribution in [0, 0.1) is 5.82 Å². The number of thiophene rings is 1. The van der Waals surface area contributed by atoms with Gasteiger partial charge in [-0.3, -0.25) is 0 Å². The number of halogens is 2. The van der Waals surface area contributed by atoms with Crippen LogP contribution in [0.2, 0.25) is 5.02 Å². The fraction of sp³-hybridized carbons (Fsp3) is 0.286. The molecule has 0 bridgehead atoms. The van der Waals surface area contributed by atoms with Gasteiger partial charge in [0.05, 0.1) is 0 Å². The molecular weight excluding hydrogens is 269 g/mol. The van der Waals surface area contributed by atoms with Gasteiger partial charge in [0.1, 0.15) is 5.82 Å². The maximum absolute atomic E-state index is 12.9. The molecule has 2 rings (SSSR count). The molecule has 4 heteroatoms. The molecule has 0 saturated heterocycles. The van der Waals surface area contributed by atoms with E-state index in [9.17, 15) is 4.39 Å². The highest BCUT2D eigenvalue weighted by Gasteiger charge is 2.12. The number of rotatable bonds is 4. The van der Waals surface area contributed by atoms with E-state index in [1.807, 2.05) is 0 Å².